The number of nitro benzene ring substituents is 1. The number of ether oxygens (including phenoxy) is 1. The van der Waals surface area contributed by atoms with Crippen LogP contribution in [0.4, 0.5) is 17.1 Å². The molecule has 0 bridgehead atoms. The molecule has 0 aliphatic carbocycles. The Balaban J connectivity index is 1.96. The fourth-order valence-electron chi connectivity index (χ4n) is 1.99. The first-order valence-electron chi connectivity index (χ1n) is 7.24. The normalized spacial score (nSPS) is 10.3. The van der Waals surface area contributed by atoms with Crippen LogP contribution in [0.2, 0.25) is 0 Å². The molecule has 0 saturated carbocycles. The van der Waals surface area contributed by atoms with Crippen molar-refractivity contribution in [3.8, 4) is 5.75 Å². The third-order valence-corrected chi connectivity index (χ3v) is 3.41. The Hall–Kier alpha value is -3.20. The summed E-state index contributed by atoms with van der Waals surface area (Å²) in [5, 5.41) is 21.0. The summed E-state index contributed by atoms with van der Waals surface area (Å²) in [5.41, 5.74) is 4.43. The molecule has 0 aromatic heterocycles. The van der Waals surface area contributed by atoms with Crippen LogP contribution in [0.1, 0.15) is 5.56 Å². The number of benzene rings is 2. The Bertz CT molecular complexity index is 793. The molecule has 0 atom stereocenters. The van der Waals surface area contributed by atoms with Crippen molar-refractivity contribution < 1.29 is 9.66 Å². The third-order valence-electron chi connectivity index (χ3n) is 3.22. The van der Waals surface area contributed by atoms with Gasteiger partial charge in [0.25, 0.3) is 5.69 Å². The lowest BCUT2D eigenvalue weighted by atomic mass is 10.2. The van der Waals surface area contributed by atoms with Gasteiger partial charge in [-0.3, -0.25) is 15.5 Å². The van der Waals surface area contributed by atoms with Crippen LogP contribution in [-0.2, 0) is 0 Å². The third kappa shape index (κ3) is 5.15. The molecule has 0 heterocycles. The van der Waals surface area contributed by atoms with Crippen molar-refractivity contribution in [1.29, 1.82) is 0 Å². The monoisotopic (exact) mass is 359 g/mol. The summed E-state index contributed by atoms with van der Waals surface area (Å²) in [6.07, 6.45) is 1.45. The quantitative estimate of drug-likeness (QED) is 0.315. The highest BCUT2D eigenvalue weighted by Gasteiger charge is 2.12. The van der Waals surface area contributed by atoms with Crippen molar-refractivity contribution >= 4 is 40.6 Å². The second kappa shape index (κ2) is 8.60. The van der Waals surface area contributed by atoms with Gasteiger partial charge in [-0.2, -0.15) is 5.10 Å². The number of rotatable bonds is 6. The molecule has 3 N–H and O–H groups in total. The summed E-state index contributed by atoms with van der Waals surface area (Å²) in [6, 6.07) is 12.0. The average molecular weight is 359 g/mol. The molecule has 0 amide bonds. The predicted molar refractivity (Wildman–Crippen MR) is 103 cm³/mol. The van der Waals surface area contributed by atoms with Crippen LogP contribution in [0.5, 0.6) is 5.75 Å². The van der Waals surface area contributed by atoms with Gasteiger partial charge in [0.05, 0.1) is 18.2 Å². The van der Waals surface area contributed by atoms with Gasteiger partial charge in [0.15, 0.2) is 5.11 Å². The Kier molecular flexibility index (Phi) is 6.24. The summed E-state index contributed by atoms with van der Waals surface area (Å²) in [7, 11) is 3.22. The zero-order valence-electron chi connectivity index (χ0n) is 13.6. The maximum atomic E-state index is 11.0. The molecule has 130 valence electrons. The highest BCUT2D eigenvalue weighted by Crippen LogP contribution is 2.24. The number of hydrogen-bond acceptors (Lipinski definition) is 6. The molecule has 0 aliphatic rings. The topological polar surface area (TPSA) is 101 Å². The average Bonchev–Trinajstić information content (AvgIpc) is 2.62. The second-order valence-corrected chi connectivity index (χ2v) is 5.24. The molecule has 25 heavy (non-hydrogen) atoms. The number of methoxy groups -OCH3 is 1. The Morgan fingerprint density at radius 2 is 2.00 bits per heavy atom. The number of nitrogens with zero attached hydrogens (tertiary/aromatic N) is 2. The van der Waals surface area contributed by atoms with Crippen molar-refractivity contribution in [3.05, 3.63) is 58.1 Å². The van der Waals surface area contributed by atoms with E-state index >= 15 is 0 Å². The van der Waals surface area contributed by atoms with Crippen LogP contribution in [0.3, 0.4) is 0 Å². The van der Waals surface area contributed by atoms with Crippen molar-refractivity contribution in [1.82, 2.24) is 5.43 Å². The molecule has 2 aromatic carbocycles. The highest BCUT2D eigenvalue weighted by atomic mass is 32.1. The Morgan fingerprint density at radius 3 is 2.60 bits per heavy atom. The number of nitrogens with one attached hydrogen (secondary N) is 3. The van der Waals surface area contributed by atoms with Crippen LogP contribution in [-0.4, -0.2) is 30.4 Å². The molecule has 0 spiro atoms. The van der Waals surface area contributed by atoms with Gasteiger partial charge in [0.2, 0.25) is 0 Å². The van der Waals surface area contributed by atoms with Gasteiger partial charge < -0.3 is 15.4 Å². The van der Waals surface area contributed by atoms with Gasteiger partial charge in [-0.1, -0.05) is 6.07 Å². The summed E-state index contributed by atoms with van der Waals surface area (Å²) in [5.74, 6) is 0.744. The van der Waals surface area contributed by atoms with Gasteiger partial charge in [-0.25, -0.2) is 0 Å². The number of anilines is 2. The maximum Gasteiger partial charge on any atom is 0.292 e. The van der Waals surface area contributed by atoms with Crippen LogP contribution in [0.15, 0.2) is 47.6 Å². The SMILES string of the molecule is CNc1ccc(/C=N/NC(=S)Nc2ccc(OC)cc2)cc1[N+](=O)[O-]. The van der Waals surface area contributed by atoms with E-state index in [4.69, 9.17) is 17.0 Å². The number of hydrazone groups is 1. The molecular formula is C16H17N5O3S. The minimum Gasteiger partial charge on any atom is -0.497 e. The van der Waals surface area contributed by atoms with Gasteiger partial charge in [0, 0.05) is 24.4 Å². The molecule has 0 radical (unpaired) electrons. The van der Waals surface area contributed by atoms with Gasteiger partial charge in [-0.15, -0.1) is 0 Å². The summed E-state index contributed by atoms with van der Waals surface area (Å²) in [6.45, 7) is 0. The molecule has 0 fully saturated rings. The summed E-state index contributed by atoms with van der Waals surface area (Å²) < 4.78 is 5.08. The highest BCUT2D eigenvalue weighted by molar-refractivity contribution is 7.80. The summed E-state index contributed by atoms with van der Waals surface area (Å²) in [4.78, 5) is 10.6. The summed E-state index contributed by atoms with van der Waals surface area (Å²) >= 11 is 5.13. The fraction of sp³-hybridized carbons (Fsp3) is 0.125. The zero-order valence-corrected chi connectivity index (χ0v) is 14.5. The molecule has 0 aliphatic heterocycles. The van der Waals surface area contributed by atoms with Crippen LogP contribution < -0.4 is 20.8 Å². The van der Waals surface area contributed by atoms with Gasteiger partial charge in [-0.05, 0) is 42.5 Å². The Morgan fingerprint density at radius 1 is 1.28 bits per heavy atom. The van der Waals surface area contributed by atoms with Crippen LogP contribution in [0.25, 0.3) is 0 Å². The van der Waals surface area contributed by atoms with E-state index in [1.807, 2.05) is 12.1 Å². The second-order valence-electron chi connectivity index (χ2n) is 4.84. The molecule has 2 aromatic rings. The van der Waals surface area contributed by atoms with E-state index < -0.39 is 4.92 Å². The largest absolute Gasteiger partial charge is 0.497 e. The smallest absolute Gasteiger partial charge is 0.292 e. The lowest BCUT2D eigenvalue weighted by Gasteiger charge is -2.07. The predicted octanol–water partition coefficient (Wildman–Crippen LogP) is 2.97. The first-order chi connectivity index (χ1) is 12.0. The minimum atomic E-state index is -0.452. The maximum absolute atomic E-state index is 11.0. The first kappa shape index (κ1) is 18.1. The molecule has 8 nitrogen and oxygen atoms in total. The molecule has 2 rings (SSSR count). The van der Waals surface area contributed by atoms with Crippen molar-refractivity contribution in [2.24, 2.45) is 5.10 Å². The van der Waals surface area contributed by atoms with Crippen molar-refractivity contribution in [2.45, 2.75) is 0 Å². The van der Waals surface area contributed by atoms with E-state index in [1.165, 1.54) is 12.3 Å². The van der Waals surface area contributed by atoms with Crippen molar-refractivity contribution in [2.75, 3.05) is 24.8 Å². The lowest BCUT2D eigenvalue weighted by molar-refractivity contribution is -0.383. The Labute approximate surface area is 150 Å². The van der Waals surface area contributed by atoms with E-state index in [2.05, 4.69) is 21.2 Å². The lowest BCUT2D eigenvalue weighted by Crippen LogP contribution is -2.23. The molecular weight excluding hydrogens is 342 g/mol. The van der Waals surface area contributed by atoms with E-state index in [1.54, 1.807) is 38.4 Å². The number of nitro groups is 1. The molecule has 9 heteroatoms. The molecule has 0 unspecified atom stereocenters. The number of thiocarbonyl (C=S) groups is 1. The van der Waals surface area contributed by atoms with E-state index in [9.17, 15) is 10.1 Å². The number of hydrogen-bond donors (Lipinski definition) is 3. The van der Waals surface area contributed by atoms with Crippen molar-refractivity contribution in [3.63, 3.8) is 0 Å². The van der Waals surface area contributed by atoms with Crippen LogP contribution in [0, 0.1) is 10.1 Å². The van der Waals surface area contributed by atoms with Gasteiger partial charge >= 0.3 is 0 Å². The van der Waals surface area contributed by atoms with E-state index in [0.717, 1.165) is 11.4 Å². The first-order valence-corrected chi connectivity index (χ1v) is 7.64. The standard InChI is InChI=1S/C16H17N5O3S/c1-17-14-8-3-11(9-15(14)21(22)23)10-18-20-16(25)19-12-4-6-13(24-2)7-5-12/h3-10,17H,1-2H3,(H2,19,20,25)/b18-10+. The van der Waals surface area contributed by atoms with Gasteiger partial charge in [0.1, 0.15) is 11.4 Å². The molecule has 0 saturated heterocycles. The van der Waals surface area contributed by atoms with E-state index in [0.29, 0.717) is 16.4 Å². The fourth-order valence-corrected chi connectivity index (χ4v) is 2.16. The zero-order chi connectivity index (χ0) is 18.2. The van der Waals surface area contributed by atoms with E-state index in [-0.39, 0.29) is 5.69 Å². The van der Waals surface area contributed by atoms with Crippen LogP contribution >= 0.6 is 12.2 Å². The minimum absolute atomic E-state index is 0.0228.